The summed E-state index contributed by atoms with van der Waals surface area (Å²) in [5.74, 6) is 2.27. The number of benzene rings is 2. The van der Waals surface area contributed by atoms with Crippen molar-refractivity contribution in [1.82, 2.24) is 20.4 Å². The first kappa shape index (κ1) is 22.0. The van der Waals surface area contributed by atoms with Crippen molar-refractivity contribution < 1.29 is 14.1 Å². The number of likely N-dealkylation sites (tertiary alicyclic amines) is 1. The number of ether oxygens (including phenoxy) is 1. The number of nitrogens with zero attached hydrogens (tertiary/aromatic N) is 3. The van der Waals surface area contributed by atoms with Crippen LogP contribution < -0.4 is 10.1 Å². The van der Waals surface area contributed by atoms with Crippen LogP contribution in [0.1, 0.15) is 29.9 Å². The Morgan fingerprint density at radius 2 is 1.97 bits per heavy atom. The van der Waals surface area contributed by atoms with Crippen molar-refractivity contribution in [2.45, 2.75) is 32.7 Å². The van der Waals surface area contributed by atoms with Crippen LogP contribution >= 0.6 is 0 Å². The lowest BCUT2D eigenvalue weighted by molar-refractivity contribution is -0.121. The van der Waals surface area contributed by atoms with E-state index in [9.17, 15) is 4.79 Å². The topological polar surface area (TPSA) is 80.5 Å². The number of carbonyl (C=O) groups excluding carboxylic acids is 1. The van der Waals surface area contributed by atoms with Gasteiger partial charge in [0.05, 0.1) is 7.11 Å². The molecule has 0 bridgehead atoms. The number of hydrogen-bond donors (Lipinski definition) is 1. The summed E-state index contributed by atoms with van der Waals surface area (Å²) in [6.07, 6.45) is 1.88. The van der Waals surface area contributed by atoms with E-state index in [1.165, 1.54) is 11.1 Å². The highest BCUT2D eigenvalue weighted by Crippen LogP contribution is 2.20. The molecule has 1 fully saturated rings. The van der Waals surface area contributed by atoms with Crippen molar-refractivity contribution in [1.29, 1.82) is 0 Å². The molecule has 1 aliphatic heterocycles. The molecule has 4 rings (SSSR count). The lowest BCUT2D eigenvalue weighted by Crippen LogP contribution is -2.31. The quantitative estimate of drug-likeness (QED) is 0.554. The van der Waals surface area contributed by atoms with Gasteiger partial charge in [0.2, 0.25) is 17.6 Å². The van der Waals surface area contributed by atoms with Crippen molar-refractivity contribution in [3.63, 3.8) is 0 Å². The highest BCUT2D eigenvalue weighted by atomic mass is 16.5. The number of carbonyl (C=O) groups is 1. The van der Waals surface area contributed by atoms with Crippen molar-refractivity contribution in [2.75, 3.05) is 26.7 Å². The zero-order valence-corrected chi connectivity index (χ0v) is 18.7. The van der Waals surface area contributed by atoms with Gasteiger partial charge in [0.15, 0.2) is 0 Å². The summed E-state index contributed by atoms with van der Waals surface area (Å²) in [7, 11) is 1.63. The highest BCUT2D eigenvalue weighted by Gasteiger charge is 2.23. The van der Waals surface area contributed by atoms with Crippen LogP contribution in [0.25, 0.3) is 11.4 Å². The fourth-order valence-corrected chi connectivity index (χ4v) is 3.96. The first-order valence-corrected chi connectivity index (χ1v) is 11.1. The first-order valence-electron chi connectivity index (χ1n) is 11.1. The summed E-state index contributed by atoms with van der Waals surface area (Å²) in [6, 6.07) is 16.2. The molecule has 1 saturated heterocycles. The summed E-state index contributed by atoms with van der Waals surface area (Å²) in [5.41, 5.74) is 3.48. The molecule has 0 aliphatic carbocycles. The average Bonchev–Trinajstić information content (AvgIpc) is 3.47. The Hall–Kier alpha value is -3.19. The number of aryl methyl sites for hydroxylation is 2. The SMILES string of the molecule is COc1ccc(-c2noc(CCC(=O)NC[C@@H]3CCN(Cc4ccc(C)cc4)C3)n2)cc1. The van der Waals surface area contributed by atoms with Crippen LogP contribution in [0.5, 0.6) is 5.75 Å². The molecule has 0 unspecified atom stereocenters. The number of hydrogen-bond acceptors (Lipinski definition) is 6. The third-order valence-corrected chi connectivity index (χ3v) is 5.87. The van der Waals surface area contributed by atoms with E-state index in [4.69, 9.17) is 9.26 Å². The monoisotopic (exact) mass is 434 g/mol. The number of aromatic nitrogens is 2. The van der Waals surface area contributed by atoms with E-state index in [0.29, 0.717) is 37.0 Å². The minimum absolute atomic E-state index is 0.0196. The average molecular weight is 435 g/mol. The van der Waals surface area contributed by atoms with Gasteiger partial charge in [-0.15, -0.1) is 0 Å². The molecule has 2 heterocycles. The van der Waals surface area contributed by atoms with E-state index >= 15 is 0 Å². The van der Waals surface area contributed by atoms with Crippen LogP contribution in [0.2, 0.25) is 0 Å². The molecule has 1 aromatic heterocycles. The maximum atomic E-state index is 12.3. The largest absolute Gasteiger partial charge is 0.497 e. The van der Waals surface area contributed by atoms with Crippen LogP contribution in [-0.4, -0.2) is 47.7 Å². The van der Waals surface area contributed by atoms with Gasteiger partial charge in [-0.1, -0.05) is 35.0 Å². The zero-order valence-electron chi connectivity index (χ0n) is 18.7. The standard InChI is InChI=1S/C25H30N4O3/c1-18-3-5-19(6-4-18)16-29-14-13-20(17-29)15-26-23(30)11-12-24-27-25(28-32-24)21-7-9-22(31-2)10-8-21/h3-10,20H,11-17H2,1-2H3,(H,26,30)/t20-/m0/s1. The summed E-state index contributed by atoms with van der Waals surface area (Å²) >= 11 is 0. The molecule has 0 radical (unpaired) electrons. The normalized spacial score (nSPS) is 16.2. The highest BCUT2D eigenvalue weighted by molar-refractivity contribution is 5.76. The van der Waals surface area contributed by atoms with E-state index in [-0.39, 0.29) is 5.91 Å². The summed E-state index contributed by atoms with van der Waals surface area (Å²) in [5, 5.41) is 7.08. The molecule has 1 atom stereocenters. The molecule has 168 valence electrons. The number of nitrogens with one attached hydrogen (secondary N) is 1. The Morgan fingerprint density at radius 1 is 1.19 bits per heavy atom. The van der Waals surface area contributed by atoms with Crippen molar-refractivity contribution >= 4 is 5.91 Å². The smallest absolute Gasteiger partial charge is 0.227 e. The van der Waals surface area contributed by atoms with Crippen molar-refractivity contribution in [2.24, 2.45) is 5.92 Å². The molecule has 2 aromatic carbocycles. The second-order valence-corrected chi connectivity index (χ2v) is 8.42. The maximum Gasteiger partial charge on any atom is 0.227 e. The number of methoxy groups -OCH3 is 1. The summed E-state index contributed by atoms with van der Waals surface area (Å²) < 4.78 is 10.5. The first-order chi connectivity index (χ1) is 15.6. The van der Waals surface area contributed by atoms with Gasteiger partial charge in [0.1, 0.15) is 5.75 Å². The van der Waals surface area contributed by atoms with Crippen LogP contribution in [-0.2, 0) is 17.8 Å². The van der Waals surface area contributed by atoms with E-state index in [0.717, 1.165) is 37.4 Å². The molecule has 7 heteroatoms. The van der Waals surface area contributed by atoms with Crippen LogP contribution in [0.3, 0.4) is 0 Å². The molecular weight excluding hydrogens is 404 g/mol. The van der Waals surface area contributed by atoms with Gasteiger partial charge in [0.25, 0.3) is 0 Å². The predicted octanol–water partition coefficient (Wildman–Crippen LogP) is 3.62. The van der Waals surface area contributed by atoms with Gasteiger partial charge >= 0.3 is 0 Å². The second-order valence-electron chi connectivity index (χ2n) is 8.42. The zero-order chi connectivity index (χ0) is 22.3. The van der Waals surface area contributed by atoms with Crippen molar-refractivity contribution in [3.8, 4) is 17.1 Å². The van der Waals surface area contributed by atoms with Crippen molar-refractivity contribution in [3.05, 3.63) is 65.5 Å². The maximum absolute atomic E-state index is 12.3. The summed E-state index contributed by atoms with van der Waals surface area (Å²) in [6.45, 7) is 5.88. The van der Waals surface area contributed by atoms with Gasteiger partial charge in [-0.05, 0) is 55.6 Å². The van der Waals surface area contributed by atoms with Gasteiger partial charge in [0, 0.05) is 38.0 Å². The molecule has 0 saturated carbocycles. The Kier molecular flexibility index (Phi) is 7.17. The molecular formula is C25H30N4O3. The fraction of sp³-hybridized carbons (Fsp3) is 0.400. The molecule has 0 spiro atoms. The Morgan fingerprint density at radius 3 is 2.72 bits per heavy atom. The minimum Gasteiger partial charge on any atom is -0.497 e. The van der Waals surface area contributed by atoms with E-state index in [1.807, 2.05) is 24.3 Å². The minimum atomic E-state index is 0.0196. The second kappa shape index (κ2) is 10.4. The van der Waals surface area contributed by atoms with Crippen LogP contribution in [0, 0.1) is 12.8 Å². The molecule has 7 nitrogen and oxygen atoms in total. The number of rotatable bonds is 9. The van der Waals surface area contributed by atoms with Gasteiger partial charge in [-0.2, -0.15) is 4.98 Å². The fourth-order valence-electron chi connectivity index (χ4n) is 3.96. The third kappa shape index (κ3) is 5.95. The Bertz CT molecular complexity index is 1010. The van der Waals surface area contributed by atoms with E-state index < -0.39 is 0 Å². The summed E-state index contributed by atoms with van der Waals surface area (Å²) in [4.78, 5) is 19.2. The molecule has 1 amide bonds. The molecule has 3 aromatic rings. The predicted molar refractivity (Wildman–Crippen MR) is 122 cm³/mol. The van der Waals surface area contributed by atoms with E-state index in [2.05, 4.69) is 51.5 Å². The number of amides is 1. The lowest BCUT2D eigenvalue weighted by atomic mass is 10.1. The van der Waals surface area contributed by atoms with Gasteiger partial charge in [-0.3, -0.25) is 9.69 Å². The Balaban J connectivity index is 1.17. The molecule has 32 heavy (non-hydrogen) atoms. The molecule has 1 aliphatic rings. The third-order valence-electron chi connectivity index (χ3n) is 5.87. The van der Waals surface area contributed by atoms with E-state index in [1.54, 1.807) is 7.11 Å². The van der Waals surface area contributed by atoms with Crippen LogP contribution in [0.15, 0.2) is 53.1 Å². The Labute approximate surface area is 188 Å². The lowest BCUT2D eigenvalue weighted by Gasteiger charge is -2.16. The van der Waals surface area contributed by atoms with Gasteiger partial charge in [-0.25, -0.2) is 0 Å². The molecule has 1 N–H and O–H groups in total. The van der Waals surface area contributed by atoms with Crippen LogP contribution in [0.4, 0.5) is 0 Å². The van der Waals surface area contributed by atoms with Gasteiger partial charge < -0.3 is 14.6 Å².